The molecule has 1 aliphatic rings. The SMILES string of the molecule is Nc1[c]ccc2c1CCC2. The van der Waals surface area contributed by atoms with Crippen molar-refractivity contribution in [3.63, 3.8) is 0 Å². The van der Waals surface area contributed by atoms with Gasteiger partial charge in [0.1, 0.15) is 0 Å². The lowest BCUT2D eigenvalue weighted by molar-refractivity contribution is 0.912. The van der Waals surface area contributed by atoms with Crippen molar-refractivity contribution in [2.75, 3.05) is 5.73 Å². The lowest BCUT2D eigenvalue weighted by Crippen LogP contribution is -1.92. The second-order valence-electron chi connectivity index (χ2n) is 2.75. The van der Waals surface area contributed by atoms with Gasteiger partial charge < -0.3 is 5.73 Å². The smallest absolute Gasteiger partial charge is 0.0429 e. The molecule has 1 aromatic rings. The summed E-state index contributed by atoms with van der Waals surface area (Å²) >= 11 is 0. The van der Waals surface area contributed by atoms with Crippen molar-refractivity contribution < 1.29 is 0 Å². The Balaban J connectivity index is 2.59. The Labute approximate surface area is 60.9 Å². The third-order valence-electron chi connectivity index (χ3n) is 2.11. The van der Waals surface area contributed by atoms with Crippen LogP contribution in [-0.2, 0) is 12.8 Å². The fourth-order valence-corrected chi connectivity index (χ4v) is 1.58. The molecule has 1 aromatic carbocycles. The van der Waals surface area contributed by atoms with Crippen LogP contribution in [0.4, 0.5) is 5.69 Å². The van der Waals surface area contributed by atoms with E-state index in [9.17, 15) is 0 Å². The van der Waals surface area contributed by atoms with Gasteiger partial charge in [-0.3, -0.25) is 0 Å². The molecule has 0 heterocycles. The Morgan fingerprint density at radius 1 is 1.40 bits per heavy atom. The molecule has 0 aliphatic heterocycles. The Bertz CT molecular complexity index is 253. The van der Waals surface area contributed by atoms with E-state index in [0.717, 1.165) is 12.1 Å². The predicted octanol–water partition coefficient (Wildman–Crippen LogP) is 1.56. The topological polar surface area (TPSA) is 26.0 Å². The van der Waals surface area contributed by atoms with Crippen LogP contribution in [0.25, 0.3) is 0 Å². The van der Waals surface area contributed by atoms with Crippen molar-refractivity contribution >= 4 is 5.69 Å². The third kappa shape index (κ3) is 0.703. The Morgan fingerprint density at radius 3 is 3.10 bits per heavy atom. The lowest BCUT2D eigenvalue weighted by atomic mass is 10.1. The fourth-order valence-electron chi connectivity index (χ4n) is 1.58. The van der Waals surface area contributed by atoms with Gasteiger partial charge in [0.05, 0.1) is 0 Å². The highest BCUT2D eigenvalue weighted by molar-refractivity contribution is 5.51. The second kappa shape index (κ2) is 2.01. The molecule has 0 aromatic heterocycles. The molecule has 0 bridgehead atoms. The molecule has 0 fully saturated rings. The third-order valence-corrected chi connectivity index (χ3v) is 2.11. The maximum Gasteiger partial charge on any atom is 0.0429 e. The number of aryl methyl sites for hydroxylation is 1. The van der Waals surface area contributed by atoms with Gasteiger partial charge in [0.25, 0.3) is 0 Å². The van der Waals surface area contributed by atoms with Crippen LogP contribution in [-0.4, -0.2) is 0 Å². The van der Waals surface area contributed by atoms with Crippen LogP contribution in [0.1, 0.15) is 17.5 Å². The summed E-state index contributed by atoms with van der Waals surface area (Å²) < 4.78 is 0. The van der Waals surface area contributed by atoms with Gasteiger partial charge in [-0.2, -0.15) is 0 Å². The molecule has 0 atom stereocenters. The first kappa shape index (κ1) is 5.78. The Morgan fingerprint density at radius 2 is 2.30 bits per heavy atom. The van der Waals surface area contributed by atoms with Crippen molar-refractivity contribution in [2.24, 2.45) is 0 Å². The summed E-state index contributed by atoms with van der Waals surface area (Å²) in [4.78, 5) is 0. The van der Waals surface area contributed by atoms with E-state index in [4.69, 9.17) is 5.73 Å². The lowest BCUT2D eigenvalue weighted by Gasteiger charge is -2.00. The zero-order valence-electron chi connectivity index (χ0n) is 5.85. The molecule has 0 spiro atoms. The van der Waals surface area contributed by atoms with Gasteiger partial charge in [-0.15, -0.1) is 0 Å². The molecule has 1 radical (unpaired) electrons. The van der Waals surface area contributed by atoms with Crippen molar-refractivity contribution in [1.29, 1.82) is 0 Å². The summed E-state index contributed by atoms with van der Waals surface area (Å²) in [5.41, 5.74) is 9.34. The molecule has 0 amide bonds. The van der Waals surface area contributed by atoms with E-state index in [1.54, 1.807) is 0 Å². The Hall–Kier alpha value is -0.980. The second-order valence-corrected chi connectivity index (χ2v) is 2.75. The maximum atomic E-state index is 5.72. The number of benzene rings is 1. The minimum Gasteiger partial charge on any atom is -0.398 e. The van der Waals surface area contributed by atoms with Gasteiger partial charge in [0.2, 0.25) is 0 Å². The summed E-state index contributed by atoms with van der Waals surface area (Å²) in [6.07, 6.45) is 3.62. The average Bonchev–Trinajstić information content (AvgIpc) is 2.36. The van der Waals surface area contributed by atoms with Crippen LogP contribution in [0.3, 0.4) is 0 Å². The molecule has 1 nitrogen and oxygen atoms in total. The first-order chi connectivity index (χ1) is 4.88. The van der Waals surface area contributed by atoms with Crippen molar-refractivity contribution in [2.45, 2.75) is 19.3 Å². The van der Waals surface area contributed by atoms with Gasteiger partial charge in [-0.05, 0) is 30.4 Å². The van der Waals surface area contributed by atoms with Crippen LogP contribution in [0.2, 0.25) is 0 Å². The van der Waals surface area contributed by atoms with Crippen LogP contribution < -0.4 is 5.73 Å². The molecule has 2 rings (SSSR count). The average molecular weight is 132 g/mol. The predicted molar refractivity (Wildman–Crippen MR) is 41.7 cm³/mol. The largest absolute Gasteiger partial charge is 0.398 e. The highest BCUT2D eigenvalue weighted by Gasteiger charge is 2.11. The number of fused-ring (bicyclic) bond motifs is 1. The monoisotopic (exact) mass is 132 g/mol. The van der Waals surface area contributed by atoms with Gasteiger partial charge in [0.15, 0.2) is 0 Å². The summed E-state index contributed by atoms with van der Waals surface area (Å²) in [5.74, 6) is 0. The molecule has 1 aliphatic carbocycles. The molecule has 0 unspecified atom stereocenters. The number of rotatable bonds is 0. The summed E-state index contributed by atoms with van der Waals surface area (Å²) in [6.45, 7) is 0. The van der Waals surface area contributed by atoms with Crippen LogP contribution in [0, 0.1) is 6.07 Å². The van der Waals surface area contributed by atoms with Gasteiger partial charge in [-0.25, -0.2) is 0 Å². The van der Waals surface area contributed by atoms with Gasteiger partial charge >= 0.3 is 0 Å². The highest BCUT2D eigenvalue weighted by Crippen LogP contribution is 2.25. The van der Waals surface area contributed by atoms with Crippen LogP contribution in [0.15, 0.2) is 12.1 Å². The van der Waals surface area contributed by atoms with E-state index in [1.165, 1.54) is 24.0 Å². The fraction of sp³-hybridized carbons (Fsp3) is 0.333. The van der Waals surface area contributed by atoms with E-state index in [-0.39, 0.29) is 0 Å². The number of nitrogen functional groups attached to an aromatic ring is 1. The minimum atomic E-state index is 0.856. The van der Waals surface area contributed by atoms with Crippen molar-refractivity contribution in [3.05, 3.63) is 29.3 Å². The van der Waals surface area contributed by atoms with Crippen molar-refractivity contribution in [1.82, 2.24) is 0 Å². The van der Waals surface area contributed by atoms with Gasteiger partial charge in [0, 0.05) is 11.8 Å². The van der Waals surface area contributed by atoms with Crippen LogP contribution >= 0.6 is 0 Å². The molecule has 51 valence electrons. The quantitative estimate of drug-likeness (QED) is 0.532. The molecular formula is C9H10N. The van der Waals surface area contributed by atoms with E-state index < -0.39 is 0 Å². The zero-order valence-corrected chi connectivity index (χ0v) is 5.85. The normalized spacial score (nSPS) is 15.2. The van der Waals surface area contributed by atoms with E-state index in [2.05, 4.69) is 12.1 Å². The first-order valence-electron chi connectivity index (χ1n) is 3.66. The van der Waals surface area contributed by atoms with Crippen LogP contribution in [0.5, 0.6) is 0 Å². The van der Waals surface area contributed by atoms with Gasteiger partial charge in [-0.1, -0.05) is 12.1 Å². The van der Waals surface area contributed by atoms with Crippen molar-refractivity contribution in [3.8, 4) is 0 Å². The number of hydrogen-bond donors (Lipinski definition) is 1. The Kier molecular flexibility index (Phi) is 1.16. The molecule has 0 saturated heterocycles. The molecule has 0 saturated carbocycles. The number of hydrogen-bond acceptors (Lipinski definition) is 1. The first-order valence-corrected chi connectivity index (χ1v) is 3.66. The summed E-state index contributed by atoms with van der Waals surface area (Å²) in [7, 11) is 0. The summed E-state index contributed by atoms with van der Waals surface area (Å²) in [5, 5.41) is 0. The minimum absolute atomic E-state index is 0.856. The zero-order chi connectivity index (χ0) is 6.97. The number of nitrogens with two attached hydrogens (primary N) is 1. The molecule has 10 heavy (non-hydrogen) atoms. The standard InChI is InChI=1S/C9H10N/c10-9-6-2-4-7-3-1-5-8(7)9/h2,4H,1,3,5,10H2. The molecule has 1 heteroatoms. The summed E-state index contributed by atoms with van der Waals surface area (Å²) in [6, 6.07) is 7.05. The highest BCUT2D eigenvalue weighted by atomic mass is 14.6. The molecular weight excluding hydrogens is 122 g/mol. The molecule has 2 N–H and O–H groups in total. The van der Waals surface area contributed by atoms with E-state index >= 15 is 0 Å². The van der Waals surface area contributed by atoms with E-state index in [0.29, 0.717) is 0 Å². The maximum absolute atomic E-state index is 5.72. The number of anilines is 1. The van der Waals surface area contributed by atoms with E-state index in [1.807, 2.05) is 6.07 Å².